The molecule has 0 bridgehead atoms. The first kappa shape index (κ1) is 17.5. The molecule has 0 saturated carbocycles. The van der Waals surface area contributed by atoms with Gasteiger partial charge in [0, 0.05) is 6.04 Å². The average Bonchev–Trinajstić information content (AvgIpc) is 2.49. The van der Waals surface area contributed by atoms with Crippen molar-refractivity contribution in [2.75, 3.05) is 0 Å². The minimum Gasteiger partial charge on any atom is -0.387 e. The topological polar surface area (TPSA) is 66.4 Å². The predicted octanol–water partition coefficient (Wildman–Crippen LogP) is 2.50. The van der Waals surface area contributed by atoms with Gasteiger partial charge in [-0.15, -0.1) is 0 Å². The minimum atomic E-state index is -4.21. The summed E-state index contributed by atoms with van der Waals surface area (Å²) in [6.07, 6.45) is -1.44. The van der Waals surface area contributed by atoms with Gasteiger partial charge in [-0.25, -0.2) is 26.3 Å². The molecule has 0 unspecified atom stereocenters. The van der Waals surface area contributed by atoms with E-state index in [4.69, 9.17) is 0 Å². The number of benzene rings is 2. The Morgan fingerprint density at radius 2 is 1.65 bits per heavy atom. The lowest BCUT2D eigenvalue weighted by atomic mass is 10.0. The number of nitrogens with one attached hydrogen (secondary N) is 1. The van der Waals surface area contributed by atoms with Crippen molar-refractivity contribution < 1.29 is 26.7 Å². The molecule has 0 spiro atoms. The zero-order chi connectivity index (χ0) is 17.2. The van der Waals surface area contributed by atoms with Crippen molar-refractivity contribution >= 4 is 10.0 Å². The number of hydrogen-bond donors (Lipinski definition) is 2. The van der Waals surface area contributed by atoms with E-state index in [9.17, 15) is 26.7 Å². The van der Waals surface area contributed by atoms with Crippen LogP contribution < -0.4 is 4.72 Å². The molecule has 2 aromatic carbocycles. The van der Waals surface area contributed by atoms with Gasteiger partial charge < -0.3 is 5.11 Å². The molecule has 2 atom stereocenters. The van der Waals surface area contributed by atoms with Crippen molar-refractivity contribution in [3.8, 4) is 0 Å². The van der Waals surface area contributed by atoms with Crippen LogP contribution in [0.1, 0.15) is 18.6 Å². The number of hydrogen-bond acceptors (Lipinski definition) is 3. The zero-order valence-electron chi connectivity index (χ0n) is 12.0. The fourth-order valence-corrected chi connectivity index (χ4v) is 3.35. The van der Waals surface area contributed by atoms with E-state index >= 15 is 0 Å². The first-order valence-electron chi connectivity index (χ1n) is 6.62. The standard InChI is InChI=1S/C15H14F3NO3S/c1-9(15(20)10-6-7-11(16)13(18)8-10)19-23(21,22)14-5-3-2-4-12(14)17/h2-9,15,19-20H,1H3/t9-,15+/m0/s1. The van der Waals surface area contributed by atoms with E-state index in [-0.39, 0.29) is 5.56 Å². The van der Waals surface area contributed by atoms with Gasteiger partial charge in [-0.05, 0) is 36.8 Å². The fraction of sp³-hybridized carbons (Fsp3) is 0.200. The van der Waals surface area contributed by atoms with Crippen molar-refractivity contribution in [1.82, 2.24) is 4.72 Å². The van der Waals surface area contributed by atoms with Gasteiger partial charge in [0.1, 0.15) is 10.7 Å². The highest BCUT2D eigenvalue weighted by Crippen LogP contribution is 2.21. The Morgan fingerprint density at radius 3 is 2.26 bits per heavy atom. The van der Waals surface area contributed by atoms with Crippen LogP contribution in [0.25, 0.3) is 0 Å². The van der Waals surface area contributed by atoms with E-state index in [1.807, 2.05) is 0 Å². The third-order valence-electron chi connectivity index (χ3n) is 3.23. The maximum Gasteiger partial charge on any atom is 0.243 e. The van der Waals surface area contributed by atoms with Crippen molar-refractivity contribution in [3.63, 3.8) is 0 Å². The largest absolute Gasteiger partial charge is 0.387 e. The maximum atomic E-state index is 13.6. The van der Waals surface area contributed by atoms with Crippen LogP contribution in [-0.2, 0) is 10.0 Å². The van der Waals surface area contributed by atoms with Gasteiger partial charge in [-0.2, -0.15) is 0 Å². The van der Waals surface area contributed by atoms with Crippen LogP contribution in [0.2, 0.25) is 0 Å². The van der Waals surface area contributed by atoms with Gasteiger partial charge >= 0.3 is 0 Å². The Balaban J connectivity index is 2.22. The fourth-order valence-electron chi connectivity index (χ4n) is 2.02. The molecule has 0 amide bonds. The molecule has 4 nitrogen and oxygen atoms in total. The molecular formula is C15H14F3NO3S. The van der Waals surface area contributed by atoms with Crippen LogP contribution in [0.5, 0.6) is 0 Å². The van der Waals surface area contributed by atoms with Gasteiger partial charge in [0.25, 0.3) is 0 Å². The summed E-state index contributed by atoms with van der Waals surface area (Å²) >= 11 is 0. The number of halogens is 3. The molecule has 124 valence electrons. The van der Waals surface area contributed by atoms with Crippen LogP contribution in [0.15, 0.2) is 47.4 Å². The highest BCUT2D eigenvalue weighted by Gasteiger charge is 2.26. The summed E-state index contributed by atoms with van der Waals surface area (Å²) in [5.74, 6) is -3.18. The van der Waals surface area contributed by atoms with Gasteiger partial charge in [-0.1, -0.05) is 18.2 Å². The number of sulfonamides is 1. The van der Waals surface area contributed by atoms with E-state index in [1.165, 1.54) is 19.1 Å². The molecule has 2 N–H and O–H groups in total. The molecule has 0 saturated heterocycles. The third kappa shape index (κ3) is 3.90. The zero-order valence-corrected chi connectivity index (χ0v) is 12.8. The van der Waals surface area contributed by atoms with Crippen molar-refractivity contribution in [1.29, 1.82) is 0 Å². The van der Waals surface area contributed by atoms with Gasteiger partial charge in [0.15, 0.2) is 11.6 Å². The van der Waals surface area contributed by atoms with E-state index < -0.39 is 44.5 Å². The van der Waals surface area contributed by atoms with Crippen molar-refractivity contribution in [2.24, 2.45) is 0 Å². The summed E-state index contributed by atoms with van der Waals surface area (Å²) in [6.45, 7) is 1.32. The second-order valence-electron chi connectivity index (χ2n) is 4.96. The number of aliphatic hydroxyl groups excluding tert-OH is 1. The Hall–Kier alpha value is -1.90. The maximum absolute atomic E-state index is 13.6. The van der Waals surface area contributed by atoms with E-state index in [1.54, 1.807) is 0 Å². The molecule has 0 aliphatic carbocycles. The van der Waals surface area contributed by atoms with Gasteiger partial charge in [0.05, 0.1) is 6.10 Å². The van der Waals surface area contributed by atoms with Gasteiger partial charge in [0.2, 0.25) is 10.0 Å². The molecular weight excluding hydrogens is 331 g/mol. The van der Waals surface area contributed by atoms with Gasteiger partial charge in [-0.3, -0.25) is 0 Å². The third-order valence-corrected chi connectivity index (χ3v) is 4.82. The Kier molecular flexibility index (Phi) is 5.08. The monoisotopic (exact) mass is 345 g/mol. The molecule has 23 heavy (non-hydrogen) atoms. The minimum absolute atomic E-state index is 0.00682. The van der Waals surface area contributed by atoms with Crippen LogP contribution in [0.4, 0.5) is 13.2 Å². The SMILES string of the molecule is C[C@H](NS(=O)(=O)c1ccccc1F)[C@@H](O)c1ccc(F)c(F)c1. The molecule has 0 radical (unpaired) electrons. The summed E-state index contributed by atoms with van der Waals surface area (Å²) in [5, 5.41) is 10.1. The molecule has 0 aliphatic rings. The summed E-state index contributed by atoms with van der Waals surface area (Å²) < 4.78 is 66.0. The van der Waals surface area contributed by atoms with Crippen LogP contribution in [0, 0.1) is 17.5 Å². The molecule has 8 heteroatoms. The predicted molar refractivity (Wildman–Crippen MR) is 77.5 cm³/mol. The lowest BCUT2D eigenvalue weighted by molar-refractivity contribution is 0.146. The second kappa shape index (κ2) is 6.69. The first-order chi connectivity index (χ1) is 10.7. The normalized spacial score (nSPS) is 14.5. The Morgan fingerprint density at radius 1 is 1.00 bits per heavy atom. The van der Waals surface area contributed by atoms with Crippen molar-refractivity contribution in [3.05, 3.63) is 65.5 Å². The van der Waals surface area contributed by atoms with Crippen LogP contribution in [-0.4, -0.2) is 19.6 Å². The molecule has 0 aromatic heterocycles. The first-order valence-corrected chi connectivity index (χ1v) is 8.10. The molecule has 0 fully saturated rings. The number of rotatable bonds is 5. The highest BCUT2D eigenvalue weighted by molar-refractivity contribution is 7.89. The summed E-state index contributed by atoms with van der Waals surface area (Å²) in [5.41, 5.74) is -0.00682. The average molecular weight is 345 g/mol. The Bertz CT molecular complexity index is 811. The lowest BCUT2D eigenvalue weighted by Crippen LogP contribution is -2.37. The van der Waals surface area contributed by atoms with Crippen LogP contribution >= 0.6 is 0 Å². The lowest BCUT2D eigenvalue weighted by Gasteiger charge is -2.21. The van der Waals surface area contributed by atoms with E-state index in [0.717, 1.165) is 30.3 Å². The highest BCUT2D eigenvalue weighted by atomic mass is 32.2. The summed E-state index contributed by atoms with van der Waals surface area (Å²) in [4.78, 5) is -0.565. The quantitative estimate of drug-likeness (QED) is 0.875. The molecule has 0 aliphatic heterocycles. The second-order valence-corrected chi connectivity index (χ2v) is 6.64. The Labute approximate surface area is 131 Å². The number of aliphatic hydroxyl groups is 1. The van der Waals surface area contributed by atoms with Crippen molar-refractivity contribution in [2.45, 2.75) is 24.0 Å². The molecule has 2 aromatic rings. The van der Waals surface area contributed by atoms with E-state index in [0.29, 0.717) is 0 Å². The van der Waals surface area contributed by atoms with E-state index in [2.05, 4.69) is 4.72 Å². The summed E-state index contributed by atoms with van der Waals surface area (Å²) in [6, 6.07) is 6.41. The van der Waals surface area contributed by atoms with Crippen LogP contribution in [0.3, 0.4) is 0 Å². The molecule has 0 heterocycles. The molecule has 2 rings (SSSR count). The smallest absolute Gasteiger partial charge is 0.243 e. The summed E-state index contributed by atoms with van der Waals surface area (Å²) in [7, 11) is -4.21.